The Bertz CT molecular complexity index is 387. The third-order valence-electron chi connectivity index (χ3n) is 1.51. The fourth-order valence-electron chi connectivity index (χ4n) is 0.995. The van der Waals surface area contributed by atoms with Gasteiger partial charge in [-0.1, -0.05) is 11.6 Å². The maximum atomic E-state index is 5.78. The number of hydrogen-bond acceptors (Lipinski definition) is 1. The Hall–Kier alpha value is -1.15. The SMILES string of the molecule is Clc1ccc2n[nH+]ccc2c1. The summed E-state index contributed by atoms with van der Waals surface area (Å²) in [5.41, 5.74) is 0.928. The van der Waals surface area contributed by atoms with Gasteiger partial charge in [0.1, 0.15) is 5.52 Å². The van der Waals surface area contributed by atoms with E-state index < -0.39 is 0 Å². The smallest absolute Gasteiger partial charge is 0.106 e. The molecule has 1 N–H and O–H groups in total. The lowest BCUT2D eigenvalue weighted by atomic mass is 10.2. The van der Waals surface area contributed by atoms with Crippen LogP contribution in [-0.4, -0.2) is 5.10 Å². The lowest BCUT2D eigenvalue weighted by Gasteiger charge is -1.90. The van der Waals surface area contributed by atoms with E-state index in [1.807, 2.05) is 24.3 Å². The highest BCUT2D eigenvalue weighted by atomic mass is 35.5. The third kappa shape index (κ3) is 1.17. The van der Waals surface area contributed by atoms with Crippen molar-refractivity contribution in [2.24, 2.45) is 0 Å². The average Bonchev–Trinajstić information content (AvgIpc) is 2.04. The molecule has 0 unspecified atom stereocenters. The van der Waals surface area contributed by atoms with E-state index in [1.54, 1.807) is 6.20 Å². The van der Waals surface area contributed by atoms with Crippen LogP contribution in [0.5, 0.6) is 0 Å². The maximum absolute atomic E-state index is 5.78. The molecule has 0 spiro atoms. The Kier molecular flexibility index (Phi) is 1.47. The first kappa shape index (κ1) is 6.55. The minimum Gasteiger partial charge on any atom is -0.106 e. The average molecular weight is 166 g/mol. The van der Waals surface area contributed by atoms with E-state index in [2.05, 4.69) is 10.2 Å². The molecule has 0 saturated heterocycles. The molecule has 0 aliphatic rings. The van der Waals surface area contributed by atoms with Gasteiger partial charge in [0.2, 0.25) is 0 Å². The second-order valence-corrected chi connectivity index (χ2v) is 2.71. The number of fused-ring (bicyclic) bond motifs is 1. The van der Waals surface area contributed by atoms with Gasteiger partial charge in [0, 0.05) is 16.5 Å². The number of nitrogens with zero attached hydrogens (tertiary/aromatic N) is 1. The van der Waals surface area contributed by atoms with E-state index in [0.29, 0.717) is 0 Å². The van der Waals surface area contributed by atoms with Crippen LogP contribution in [0.3, 0.4) is 0 Å². The summed E-state index contributed by atoms with van der Waals surface area (Å²) in [5.74, 6) is 0. The predicted molar refractivity (Wildman–Crippen MR) is 43.3 cm³/mol. The zero-order valence-electron chi connectivity index (χ0n) is 5.71. The van der Waals surface area contributed by atoms with Crippen molar-refractivity contribution in [2.45, 2.75) is 0 Å². The van der Waals surface area contributed by atoms with Crippen molar-refractivity contribution in [1.29, 1.82) is 0 Å². The molecule has 54 valence electrons. The quantitative estimate of drug-likeness (QED) is 0.584. The van der Waals surface area contributed by atoms with Crippen LogP contribution in [-0.2, 0) is 0 Å². The normalized spacial score (nSPS) is 10.3. The molecule has 2 nitrogen and oxygen atoms in total. The van der Waals surface area contributed by atoms with Crippen molar-refractivity contribution in [2.75, 3.05) is 0 Å². The lowest BCUT2D eigenvalue weighted by Crippen LogP contribution is -2.05. The van der Waals surface area contributed by atoms with E-state index in [1.165, 1.54) is 0 Å². The van der Waals surface area contributed by atoms with E-state index in [0.717, 1.165) is 15.9 Å². The summed E-state index contributed by atoms with van der Waals surface area (Å²) in [6.07, 6.45) is 1.78. The minimum absolute atomic E-state index is 0.741. The van der Waals surface area contributed by atoms with E-state index in [9.17, 15) is 0 Å². The van der Waals surface area contributed by atoms with Gasteiger partial charge in [0.25, 0.3) is 0 Å². The molecule has 0 amide bonds. The Morgan fingerprint density at radius 2 is 2.18 bits per heavy atom. The zero-order chi connectivity index (χ0) is 7.68. The summed E-state index contributed by atoms with van der Waals surface area (Å²) in [4.78, 5) is 0. The van der Waals surface area contributed by atoms with Gasteiger partial charge >= 0.3 is 0 Å². The summed E-state index contributed by atoms with van der Waals surface area (Å²) < 4.78 is 0. The summed E-state index contributed by atoms with van der Waals surface area (Å²) in [7, 11) is 0. The summed E-state index contributed by atoms with van der Waals surface area (Å²) >= 11 is 5.78. The number of aromatic nitrogens is 2. The molecule has 0 bridgehead atoms. The van der Waals surface area contributed by atoms with Crippen LogP contribution in [0.15, 0.2) is 30.5 Å². The van der Waals surface area contributed by atoms with Gasteiger partial charge in [-0.05, 0) is 23.3 Å². The zero-order valence-corrected chi connectivity index (χ0v) is 6.47. The van der Waals surface area contributed by atoms with Gasteiger partial charge < -0.3 is 0 Å². The van der Waals surface area contributed by atoms with Crippen LogP contribution in [0.2, 0.25) is 5.02 Å². The number of benzene rings is 1. The Balaban J connectivity index is 2.83. The topological polar surface area (TPSA) is 27.0 Å². The van der Waals surface area contributed by atoms with Crippen molar-refractivity contribution < 1.29 is 5.10 Å². The van der Waals surface area contributed by atoms with Gasteiger partial charge in [-0.2, -0.15) is 0 Å². The molecule has 0 aliphatic carbocycles. The van der Waals surface area contributed by atoms with E-state index in [-0.39, 0.29) is 0 Å². The third-order valence-corrected chi connectivity index (χ3v) is 1.75. The number of hydrogen-bond donors (Lipinski definition) is 0. The van der Waals surface area contributed by atoms with Crippen molar-refractivity contribution >= 4 is 22.5 Å². The molecular weight excluding hydrogens is 160 g/mol. The van der Waals surface area contributed by atoms with Crippen LogP contribution >= 0.6 is 11.6 Å². The van der Waals surface area contributed by atoms with Crippen LogP contribution < -0.4 is 5.10 Å². The first-order chi connectivity index (χ1) is 5.36. The molecule has 0 aliphatic heterocycles. The molecule has 0 atom stereocenters. The number of H-pyrrole nitrogens is 1. The molecule has 0 radical (unpaired) electrons. The van der Waals surface area contributed by atoms with Gasteiger partial charge in [-0.25, -0.2) is 0 Å². The highest BCUT2D eigenvalue weighted by molar-refractivity contribution is 6.31. The summed E-state index contributed by atoms with van der Waals surface area (Å²) in [6.45, 7) is 0. The molecule has 0 saturated carbocycles. The standard InChI is InChI=1S/C8H5ClN2/c9-7-1-2-8-6(5-7)3-4-10-11-8/h1-5H/p+1. The Morgan fingerprint density at radius 1 is 1.27 bits per heavy atom. The molecular formula is C8H6ClN2+. The molecule has 0 fully saturated rings. The van der Waals surface area contributed by atoms with Crippen LogP contribution in [0.4, 0.5) is 0 Å². The van der Waals surface area contributed by atoms with Crippen molar-refractivity contribution in [3.63, 3.8) is 0 Å². The molecule has 1 aromatic carbocycles. The molecule has 1 aromatic heterocycles. The Morgan fingerprint density at radius 3 is 3.09 bits per heavy atom. The van der Waals surface area contributed by atoms with Crippen LogP contribution in [0.1, 0.15) is 0 Å². The number of aromatic amines is 1. The number of rotatable bonds is 0. The van der Waals surface area contributed by atoms with Crippen LogP contribution in [0, 0.1) is 0 Å². The summed E-state index contributed by atoms with van der Waals surface area (Å²) in [5, 5.41) is 8.59. The second-order valence-electron chi connectivity index (χ2n) is 2.28. The molecule has 3 heteroatoms. The first-order valence-electron chi connectivity index (χ1n) is 3.28. The van der Waals surface area contributed by atoms with E-state index in [4.69, 9.17) is 11.6 Å². The maximum Gasteiger partial charge on any atom is 0.194 e. The Labute approximate surface area is 68.8 Å². The number of halogens is 1. The van der Waals surface area contributed by atoms with Gasteiger partial charge in [0.15, 0.2) is 6.20 Å². The van der Waals surface area contributed by atoms with E-state index >= 15 is 0 Å². The fourth-order valence-corrected chi connectivity index (χ4v) is 1.18. The van der Waals surface area contributed by atoms with Crippen molar-refractivity contribution in [3.8, 4) is 0 Å². The molecule has 2 aromatic rings. The largest absolute Gasteiger partial charge is 0.194 e. The van der Waals surface area contributed by atoms with Gasteiger partial charge in [-0.15, -0.1) is 5.10 Å². The van der Waals surface area contributed by atoms with Crippen LogP contribution in [0.25, 0.3) is 10.9 Å². The lowest BCUT2D eigenvalue weighted by molar-refractivity contribution is -0.451. The first-order valence-corrected chi connectivity index (χ1v) is 3.66. The van der Waals surface area contributed by atoms with Crippen molar-refractivity contribution in [1.82, 2.24) is 5.10 Å². The minimum atomic E-state index is 0.741. The highest BCUT2D eigenvalue weighted by Gasteiger charge is 1.96. The molecule has 2 rings (SSSR count). The fraction of sp³-hybridized carbons (Fsp3) is 0. The molecule has 11 heavy (non-hydrogen) atoms. The monoisotopic (exact) mass is 165 g/mol. The van der Waals surface area contributed by atoms with Crippen molar-refractivity contribution in [3.05, 3.63) is 35.5 Å². The summed E-state index contributed by atoms with van der Waals surface area (Å²) in [6, 6.07) is 7.53. The van der Waals surface area contributed by atoms with Gasteiger partial charge in [-0.3, -0.25) is 0 Å². The second kappa shape index (κ2) is 2.47. The molecule has 1 heterocycles. The predicted octanol–water partition coefficient (Wildman–Crippen LogP) is 1.70. The number of nitrogens with one attached hydrogen (secondary N) is 1. The highest BCUT2D eigenvalue weighted by Crippen LogP contribution is 2.15. The van der Waals surface area contributed by atoms with Gasteiger partial charge in [0.05, 0.1) is 0 Å².